The molecule has 0 spiro atoms. The number of thiocarbonyl (C=S) groups is 1. The molecule has 0 saturated carbocycles. The standard InChI is InChI=1S/C19H20ClFN4OS/c20-14-5-1-3-7-16(14)22-18(26)13-24-9-11-25(12-10-24)19(27)23-17-8-4-2-6-15(17)21/h1-8H,9-13H2,(H,22,26)(H,23,27)/p+1. The number of hydrogen-bond donors (Lipinski definition) is 3. The van der Waals surface area contributed by atoms with Crippen LogP contribution in [0.2, 0.25) is 5.02 Å². The Morgan fingerprint density at radius 2 is 1.70 bits per heavy atom. The molecule has 0 bridgehead atoms. The molecule has 1 fully saturated rings. The normalized spacial score (nSPS) is 14.7. The number of nitrogens with one attached hydrogen (secondary N) is 3. The molecule has 0 atom stereocenters. The van der Waals surface area contributed by atoms with Crippen molar-refractivity contribution in [1.82, 2.24) is 4.90 Å². The Hall–Kier alpha value is -2.22. The number of carbonyl (C=O) groups excluding carboxylic acids is 1. The van der Waals surface area contributed by atoms with Gasteiger partial charge >= 0.3 is 0 Å². The van der Waals surface area contributed by atoms with Crippen LogP contribution in [0.3, 0.4) is 0 Å². The first kappa shape index (κ1) is 19.5. The fraction of sp³-hybridized carbons (Fsp3) is 0.263. The van der Waals surface area contributed by atoms with Gasteiger partial charge in [-0.1, -0.05) is 35.9 Å². The summed E-state index contributed by atoms with van der Waals surface area (Å²) in [6, 6.07) is 13.6. The highest BCUT2D eigenvalue weighted by atomic mass is 35.5. The first-order valence-corrected chi connectivity index (χ1v) is 9.50. The number of para-hydroxylation sites is 2. The first-order chi connectivity index (χ1) is 13.0. The second-order valence-corrected chi connectivity index (χ2v) is 7.15. The molecule has 0 aliphatic carbocycles. The van der Waals surface area contributed by atoms with E-state index in [0.29, 0.717) is 41.1 Å². The fourth-order valence-electron chi connectivity index (χ4n) is 2.94. The van der Waals surface area contributed by atoms with Gasteiger partial charge in [0.05, 0.1) is 42.6 Å². The van der Waals surface area contributed by atoms with Gasteiger partial charge in [-0.3, -0.25) is 4.79 Å². The van der Waals surface area contributed by atoms with Gasteiger partial charge in [0.1, 0.15) is 5.82 Å². The summed E-state index contributed by atoms with van der Waals surface area (Å²) in [7, 11) is 0. The van der Waals surface area contributed by atoms with Gasteiger partial charge in [-0.05, 0) is 36.5 Å². The maximum Gasteiger partial charge on any atom is 0.279 e. The Kier molecular flexibility index (Phi) is 6.60. The number of carbonyl (C=O) groups is 1. The number of piperazine rings is 1. The molecule has 2 aromatic carbocycles. The zero-order valence-corrected chi connectivity index (χ0v) is 16.2. The molecular weight excluding hydrogens is 387 g/mol. The molecule has 0 unspecified atom stereocenters. The van der Waals surface area contributed by atoms with Gasteiger partial charge in [0, 0.05) is 0 Å². The third-order valence-electron chi connectivity index (χ3n) is 4.43. The Morgan fingerprint density at radius 1 is 1.07 bits per heavy atom. The van der Waals surface area contributed by atoms with E-state index in [0.717, 1.165) is 13.1 Å². The van der Waals surface area contributed by atoms with Crippen LogP contribution < -0.4 is 15.5 Å². The summed E-state index contributed by atoms with van der Waals surface area (Å²) in [5.74, 6) is -0.404. The summed E-state index contributed by atoms with van der Waals surface area (Å²) in [5.41, 5.74) is 0.994. The third-order valence-corrected chi connectivity index (χ3v) is 5.12. The van der Waals surface area contributed by atoms with Crippen molar-refractivity contribution in [3.63, 3.8) is 0 Å². The van der Waals surface area contributed by atoms with Crippen LogP contribution in [0.25, 0.3) is 0 Å². The molecule has 3 rings (SSSR count). The van der Waals surface area contributed by atoms with Crippen molar-refractivity contribution < 1.29 is 14.1 Å². The minimum absolute atomic E-state index is 0.0707. The summed E-state index contributed by atoms with van der Waals surface area (Å²) >= 11 is 11.5. The SMILES string of the molecule is O=C(C[NH+]1CCN(C(=S)Nc2ccccc2F)CC1)Nc1ccccc1Cl. The lowest BCUT2D eigenvalue weighted by Gasteiger charge is -2.33. The minimum atomic E-state index is -0.333. The highest BCUT2D eigenvalue weighted by Gasteiger charge is 2.24. The van der Waals surface area contributed by atoms with E-state index < -0.39 is 0 Å². The summed E-state index contributed by atoms with van der Waals surface area (Å²) in [5, 5.41) is 6.82. The van der Waals surface area contributed by atoms with Crippen LogP contribution in [-0.2, 0) is 4.79 Å². The third kappa shape index (κ3) is 5.38. The predicted molar refractivity (Wildman–Crippen MR) is 110 cm³/mol. The lowest BCUT2D eigenvalue weighted by molar-refractivity contribution is -0.895. The van der Waals surface area contributed by atoms with E-state index >= 15 is 0 Å². The van der Waals surface area contributed by atoms with Crippen molar-refractivity contribution in [1.29, 1.82) is 0 Å². The Labute approximate surface area is 168 Å². The van der Waals surface area contributed by atoms with Gasteiger partial charge in [0.15, 0.2) is 11.7 Å². The molecule has 0 radical (unpaired) electrons. The van der Waals surface area contributed by atoms with Gasteiger partial charge in [0.25, 0.3) is 5.91 Å². The van der Waals surface area contributed by atoms with Gasteiger partial charge in [-0.25, -0.2) is 4.39 Å². The molecule has 1 aliphatic rings. The van der Waals surface area contributed by atoms with Crippen LogP contribution >= 0.6 is 23.8 Å². The van der Waals surface area contributed by atoms with Gasteiger partial charge in [-0.15, -0.1) is 0 Å². The molecule has 0 aromatic heterocycles. The second-order valence-electron chi connectivity index (χ2n) is 6.35. The zero-order chi connectivity index (χ0) is 19.2. The van der Waals surface area contributed by atoms with Crippen LogP contribution in [0.15, 0.2) is 48.5 Å². The van der Waals surface area contributed by atoms with Crippen LogP contribution in [0.1, 0.15) is 0 Å². The average molecular weight is 408 g/mol. The predicted octanol–water partition coefficient (Wildman–Crippen LogP) is 2.02. The highest BCUT2D eigenvalue weighted by molar-refractivity contribution is 7.80. The number of anilines is 2. The first-order valence-electron chi connectivity index (χ1n) is 8.71. The van der Waals surface area contributed by atoms with Gasteiger partial charge in [0.2, 0.25) is 0 Å². The largest absolute Gasteiger partial charge is 0.338 e. The maximum absolute atomic E-state index is 13.7. The molecule has 3 N–H and O–H groups in total. The van der Waals surface area contributed by atoms with Gasteiger partial charge < -0.3 is 20.4 Å². The molecule has 27 heavy (non-hydrogen) atoms. The molecular formula is C19H21ClFN4OS+. The smallest absolute Gasteiger partial charge is 0.279 e. The van der Waals surface area contributed by atoms with Crippen LogP contribution in [0, 0.1) is 5.82 Å². The minimum Gasteiger partial charge on any atom is -0.338 e. The molecule has 1 aliphatic heterocycles. The topological polar surface area (TPSA) is 48.8 Å². The number of halogens is 2. The lowest BCUT2D eigenvalue weighted by Crippen LogP contribution is -3.15. The molecule has 1 heterocycles. The van der Waals surface area contributed by atoms with E-state index in [2.05, 4.69) is 10.6 Å². The van der Waals surface area contributed by atoms with Crippen LogP contribution in [0.5, 0.6) is 0 Å². The number of nitrogens with zero attached hydrogens (tertiary/aromatic N) is 1. The number of hydrogen-bond acceptors (Lipinski definition) is 2. The van der Waals surface area contributed by atoms with E-state index in [1.54, 1.807) is 30.3 Å². The average Bonchev–Trinajstić information content (AvgIpc) is 2.66. The van der Waals surface area contributed by atoms with Crippen molar-refractivity contribution in [2.45, 2.75) is 0 Å². The van der Waals surface area contributed by atoms with Crippen LogP contribution in [0.4, 0.5) is 15.8 Å². The van der Waals surface area contributed by atoms with E-state index in [1.807, 2.05) is 17.0 Å². The molecule has 142 valence electrons. The Bertz CT molecular complexity index is 827. The summed E-state index contributed by atoms with van der Waals surface area (Å²) < 4.78 is 13.7. The Balaban J connectivity index is 1.46. The lowest BCUT2D eigenvalue weighted by atomic mass is 10.3. The quantitative estimate of drug-likeness (QED) is 0.679. The molecule has 2 aromatic rings. The van der Waals surface area contributed by atoms with Crippen molar-refractivity contribution in [3.05, 3.63) is 59.4 Å². The fourth-order valence-corrected chi connectivity index (χ4v) is 3.42. The van der Waals surface area contributed by atoms with Crippen LogP contribution in [-0.4, -0.2) is 48.6 Å². The van der Waals surface area contributed by atoms with E-state index in [9.17, 15) is 9.18 Å². The number of rotatable bonds is 4. The Morgan fingerprint density at radius 3 is 2.37 bits per heavy atom. The van der Waals surface area contributed by atoms with Crippen molar-refractivity contribution in [2.75, 3.05) is 43.4 Å². The van der Waals surface area contributed by atoms with Gasteiger partial charge in [-0.2, -0.15) is 0 Å². The summed E-state index contributed by atoms with van der Waals surface area (Å²) in [4.78, 5) is 15.4. The van der Waals surface area contributed by atoms with E-state index in [4.69, 9.17) is 23.8 Å². The number of quaternary nitrogens is 1. The number of amides is 1. The van der Waals surface area contributed by atoms with Crippen molar-refractivity contribution in [2.24, 2.45) is 0 Å². The summed E-state index contributed by atoms with van der Waals surface area (Å²) in [6.07, 6.45) is 0. The molecule has 8 heteroatoms. The monoisotopic (exact) mass is 407 g/mol. The van der Waals surface area contributed by atoms with E-state index in [1.165, 1.54) is 11.0 Å². The highest BCUT2D eigenvalue weighted by Crippen LogP contribution is 2.20. The van der Waals surface area contributed by atoms with Crippen molar-refractivity contribution >= 4 is 46.2 Å². The number of benzene rings is 2. The molecule has 1 saturated heterocycles. The summed E-state index contributed by atoms with van der Waals surface area (Å²) in [6.45, 7) is 3.32. The second kappa shape index (κ2) is 9.12. The molecule has 5 nitrogen and oxygen atoms in total. The zero-order valence-electron chi connectivity index (χ0n) is 14.7. The molecule has 1 amide bonds. The van der Waals surface area contributed by atoms with E-state index in [-0.39, 0.29) is 11.7 Å². The van der Waals surface area contributed by atoms with Crippen molar-refractivity contribution in [3.8, 4) is 0 Å². The maximum atomic E-state index is 13.7.